The van der Waals surface area contributed by atoms with Crippen LogP contribution in [-0.4, -0.2) is 24.1 Å². The minimum absolute atomic E-state index is 0.958. The molecule has 0 saturated heterocycles. The van der Waals surface area contributed by atoms with E-state index in [1.54, 1.807) is 0 Å². The average molecular weight is 293 g/mol. The SMILES string of the molecule is CCCCc1c[n+](CC)nn1C.COP(=O)([O-])OC. The van der Waals surface area contributed by atoms with Crippen LogP contribution in [0.2, 0.25) is 0 Å². The Hall–Kier alpha value is -0.750. The molecule has 0 unspecified atom stereocenters. The monoisotopic (exact) mass is 293 g/mol. The molecule has 19 heavy (non-hydrogen) atoms. The summed E-state index contributed by atoms with van der Waals surface area (Å²) in [5.41, 5.74) is 1.33. The van der Waals surface area contributed by atoms with E-state index in [0.29, 0.717) is 0 Å². The molecule has 0 aromatic carbocycles. The van der Waals surface area contributed by atoms with E-state index in [1.165, 1.54) is 18.5 Å². The van der Waals surface area contributed by atoms with Gasteiger partial charge in [0.2, 0.25) is 0 Å². The minimum atomic E-state index is -3.90. The number of aryl methyl sites for hydroxylation is 3. The summed E-state index contributed by atoms with van der Waals surface area (Å²) < 4.78 is 21.6. The fourth-order valence-corrected chi connectivity index (χ4v) is 1.47. The van der Waals surface area contributed by atoms with E-state index in [0.717, 1.165) is 27.2 Å². The number of hydrogen-bond donors (Lipinski definition) is 0. The van der Waals surface area contributed by atoms with Gasteiger partial charge in [-0.25, -0.2) is 0 Å². The lowest BCUT2D eigenvalue weighted by Crippen LogP contribution is -2.34. The Morgan fingerprint density at radius 1 is 1.42 bits per heavy atom. The standard InChI is InChI=1S/C9H18N3.C2H7O4P/c1-4-6-7-9-8-12(5-2)10-11(9)3;1-5-7(3,4)6-2/h8H,4-7H2,1-3H3;1-2H3,(H,3,4)/q+1;/p-1. The average Bonchev–Trinajstić information content (AvgIpc) is 2.77. The van der Waals surface area contributed by atoms with Gasteiger partial charge >= 0.3 is 0 Å². The molecule has 0 bridgehead atoms. The third-order valence-electron chi connectivity index (χ3n) is 2.52. The molecule has 8 heteroatoms. The van der Waals surface area contributed by atoms with Gasteiger partial charge in [0.1, 0.15) is 13.6 Å². The Morgan fingerprint density at radius 3 is 2.32 bits per heavy atom. The van der Waals surface area contributed by atoms with Crippen molar-refractivity contribution in [3.63, 3.8) is 0 Å². The first-order valence-corrected chi connectivity index (χ1v) is 7.71. The highest BCUT2D eigenvalue weighted by Gasteiger charge is 2.09. The first-order valence-electron chi connectivity index (χ1n) is 6.25. The van der Waals surface area contributed by atoms with Crippen LogP contribution >= 0.6 is 7.82 Å². The highest BCUT2D eigenvalue weighted by atomic mass is 31.2. The second-order valence-electron chi connectivity index (χ2n) is 3.91. The maximum atomic E-state index is 9.95. The fraction of sp³-hybridized carbons (Fsp3) is 0.818. The van der Waals surface area contributed by atoms with Crippen molar-refractivity contribution in [2.24, 2.45) is 7.05 Å². The van der Waals surface area contributed by atoms with E-state index in [4.69, 9.17) is 0 Å². The lowest BCUT2D eigenvalue weighted by Gasteiger charge is -2.16. The van der Waals surface area contributed by atoms with Crippen LogP contribution in [0.4, 0.5) is 0 Å². The number of rotatable bonds is 6. The number of nitrogens with zero attached hydrogens (tertiary/aromatic N) is 3. The van der Waals surface area contributed by atoms with Crippen molar-refractivity contribution < 1.29 is 23.2 Å². The van der Waals surface area contributed by atoms with E-state index < -0.39 is 7.82 Å². The van der Waals surface area contributed by atoms with E-state index >= 15 is 0 Å². The van der Waals surface area contributed by atoms with Crippen LogP contribution in [0.5, 0.6) is 0 Å². The molecule has 1 aromatic rings. The summed E-state index contributed by atoms with van der Waals surface area (Å²) in [6.45, 7) is 5.28. The van der Waals surface area contributed by atoms with Crippen molar-refractivity contribution in [1.29, 1.82) is 0 Å². The van der Waals surface area contributed by atoms with Crippen molar-refractivity contribution >= 4 is 7.82 Å². The van der Waals surface area contributed by atoms with Gasteiger partial charge in [-0.1, -0.05) is 13.3 Å². The van der Waals surface area contributed by atoms with Crippen molar-refractivity contribution in [2.75, 3.05) is 14.2 Å². The van der Waals surface area contributed by atoms with Crippen LogP contribution in [0, 0.1) is 0 Å². The normalized spacial score (nSPS) is 11.1. The fourth-order valence-electron chi connectivity index (χ4n) is 1.32. The van der Waals surface area contributed by atoms with Gasteiger partial charge in [0.15, 0.2) is 11.9 Å². The number of aromatic nitrogens is 3. The Kier molecular flexibility index (Phi) is 8.84. The molecule has 0 saturated carbocycles. The lowest BCUT2D eigenvalue weighted by molar-refractivity contribution is -0.752. The van der Waals surface area contributed by atoms with E-state index in [-0.39, 0.29) is 0 Å². The van der Waals surface area contributed by atoms with Crippen LogP contribution in [0.1, 0.15) is 32.4 Å². The third kappa shape index (κ3) is 7.42. The predicted molar refractivity (Wildman–Crippen MR) is 69.3 cm³/mol. The molecule has 0 aliphatic carbocycles. The Morgan fingerprint density at radius 2 is 2.00 bits per heavy atom. The van der Waals surface area contributed by atoms with Crippen LogP contribution in [0.25, 0.3) is 0 Å². The zero-order chi connectivity index (χ0) is 14.9. The van der Waals surface area contributed by atoms with Gasteiger partial charge in [-0.3, -0.25) is 4.57 Å². The largest absolute Gasteiger partial charge is 0.756 e. The summed E-state index contributed by atoms with van der Waals surface area (Å²) >= 11 is 0. The van der Waals surface area contributed by atoms with Gasteiger partial charge in [-0.05, 0) is 13.3 Å². The topological polar surface area (TPSA) is 80.3 Å². The summed E-state index contributed by atoms with van der Waals surface area (Å²) in [5, 5.41) is 4.32. The van der Waals surface area contributed by atoms with Crippen molar-refractivity contribution in [3.8, 4) is 0 Å². The smallest absolute Gasteiger partial charge is 0.267 e. The van der Waals surface area contributed by atoms with Gasteiger partial charge in [-0.15, -0.1) is 9.36 Å². The van der Waals surface area contributed by atoms with Gasteiger partial charge in [0.05, 0.1) is 5.21 Å². The number of phosphoric acid groups is 1. The maximum absolute atomic E-state index is 9.95. The molecule has 0 radical (unpaired) electrons. The summed E-state index contributed by atoms with van der Waals surface area (Å²) in [4.78, 5) is 9.95. The van der Waals surface area contributed by atoms with Crippen LogP contribution in [-0.2, 0) is 33.6 Å². The van der Waals surface area contributed by atoms with Gasteiger partial charge in [-0.2, -0.15) is 0 Å². The number of phosphoric ester groups is 1. The molecule has 1 heterocycles. The maximum Gasteiger partial charge on any atom is 0.267 e. The number of hydrogen-bond acceptors (Lipinski definition) is 5. The summed E-state index contributed by atoms with van der Waals surface area (Å²) in [6, 6.07) is 0. The van der Waals surface area contributed by atoms with Crippen molar-refractivity contribution in [3.05, 3.63) is 11.9 Å². The molecule has 0 aliphatic rings. The molecular formula is C11H24N3O4P. The Labute approximate surface area is 114 Å². The molecule has 0 N–H and O–H groups in total. The summed E-state index contributed by atoms with van der Waals surface area (Å²) in [6.07, 6.45) is 5.78. The molecule has 1 aromatic heterocycles. The Balaban J connectivity index is 0.000000399. The van der Waals surface area contributed by atoms with Crippen LogP contribution in [0.3, 0.4) is 0 Å². The van der Waals surface area contributed by atoms with E-state index in [9.17, 15) is 9.46 Å². The third-order valence-corrected chi connectivity index (χ3v) is 3.41. The summed E-state index contributed by atoms with van der Waals surface area (Å²) in [5.74, 6) is 0. The highest BCUT2D eigenvalue weighted by Crippen LogP contribution is 2.34. The lowest BCUT2D eigenvalue weighted by atomic mass is 10.2. The molecule has 1 rings (SSSR count). The van der Waals surface area contributed by atoms with Crippen LogP contribution < -0.4 is 9.58 Å². The Bertz CT molecular complexity index is 401. The molecule has 0 fully saturated rings. The molecule has 112 valence electrons. The van der Waals surface area contributed by atoms with Crippen LogP contribution in [0.15, 0.2) is 6.20 Å². The van der Waals surface area contributed by atoms with Gasteiger partial charge in [0.25, 0.3) is 7.82 Å². The second kappa shape index (κ2) is 9.20. The molecule has 0 atom stereocenters. The minimum Gasteiger partial charge on any atom is -0.756 e. The second-order valence-corrected chi connectivity index (χ2v) is 5.53. The van der Waals surface area contributed by atoms with E-state index in [1.807, 2.05) is 16.4 Å². The van der Waals surface area contributed by atoms with E-state index in [2.05, 4.69) is 34.3 Å². The van der Waals surface area contributed by atoms with Gasteiger partial charge < -0.3 is 13.9 Å². The van der Waals surface area contributed by atoms with Crippen molar-refractivity contribution in [1.82, 2.24) is 9.90 Å². The number of unbranched alkanes of at least 4 members (excludes halogenated alkanes) is 1. The zero-order valence-electron chi connectivity index (χ0n) is 12.3. The first kappa shape index (κ1) is 18.2. The molecule has 0 amide bonds. The predicted octanol–water partition coefficient (Wildman–Crippen LogP) is 0.818. The highest BCUT2D eigenvalue weighted by molar-refractivity contribution is 7.45. The zero-order valence-corrected chi connectivity index (χ0v) is 13.2. The van der Waals surface area contributed by atoms with Gasteiger partial charge in [0, 0.05) is 20.6 Å². The first-order chi connectivity index (χ1) is 8.90. The molecule has 0 aliphatic heterocycles. The molecule has 0 spiro atoms. The quantitative estimate of drug-likeness (QED) is 0.573. The molecule has 7 nitrogen and oxygen atoms in total. The van der Waals surface area contributed by atoms with Crippen molar-refractivity contribution in [2.45, 2.75) is 39.7 Å². The molecular weight excluding hydrogens is 269 g/mol. The summed E-state index contributed by atoms with van der Waals surface area (Å²) in [7, 11) is 0.185.